The summed E-state index contributed by atoms with van der Waals surface area (Å²) < 4.78 is 5.12. The number of amides is 1. The number of thiophene rings is 1. The fourth-order valence-corrected chi connectivity index (χ4v) is 4.16. The standard InChI is InChI=1S/C17H21NO5S/c1-3-10-5-6-11-12(9-10)24-16(15(11)17(22)23-4-2)18-13(19)7-8-14(20)21/h7-8,10H,3-6,9H2,1-2H3,(H,18,19)(H,20,21)/p-1/t10-/m0/s1. The number of anilines is 1. The first-order valence-corrected chi connectivity index (χ1v) is 8.79. The van der Waals surface area contributed by atoms with Crippen molar-refractivity contribution in [3.63, 3.8) is 0 Å². The van der Waals surface area contributed by atoms with Gasteiger partial charge in [0.2, 0.25) is 5.91 Å². The Balaban J connectivity index is 2.32. The van der Waals surface area contributed by atoms with Gasteiger partial charge in [-0.3, -0.25) is 4.79 Å². The van der Waals surface area contributed by atoms with E-state index in [1.807, 2.05) is 0 Å². The Labute approximate surface area is 144 Å². The molecule has 0 unspecified atom stereocenters. The number of fused-ring (bicyclic) bond motifs is 1. The monoisotopic (exact) mass is 350 g/mol. The average Bonchev–Trinajstić information content (AvgIpc) is 2.89. The number of carboxylic acids is 1. The Morgan fingerprint density at radius 1 is 1.33 bits per heavy atom. The first kappa shape index (κ1) is 18.2. The van der Waals surface area contributed by atoms with Crippen LogP contribution in [-0.4, -0.2) is 24.5 Å². The molecule has 0 fully saturated rings. The van der Waals surface area contributed by atoms with Crippen LogP contribution in [0, 0.1) is 5.92 Å². The van der Waals surface area contributed by atoms with Gasteiger partial charge in [-0.2, -0.15) is 0 Å². The summed E-state index contributed by atoms with van der Waals surface area (Å²) in [6.45, 7) is 4.12. The Bertz CT molecular complexity index is 677. The fourth-order valence-electron chi connectivity index (χ4n) is 2.81. The van der Waals surface area contributed by atoms with Crippen LogP contribution in [0.25, 0.3) is 0 Å². The Hall–Kier alpha value is -2.15. The molecule has 0 saturated heterocycles. The Morgan fingerprint density at radius 2 is 2.08 bits per heavy atom. The second-order valence-corrected chi connectivity index (χ2v) is 6.69. The molecule has 0 aliphatic heterocycles. The molecule has 1 aromatic heterocycles. The maximum Gasteiger partial charge on any atom is 0.341 e. The zero-order chi connectivity index (χ0) is 17.7. The molecule has 1 aromatic rings. The third-order valence-electron chi connectivity index (χ3n) is 4.03. The van der Waals surface area contributed by atoms with E-state index < -0.39 is 17.8 Å². The molecule has 0 spiro atoms. The first-order chi connectivity index (χ1) is 11.5. The number of nitrogens with one attached hydrogen (secondary N) is 1. The van der Waals surface area contributed by atoms with Crippen molar-refractivity contribution < 1.29 is 24.2 Å². The molecule has 2 rings (SSSR count). The molecule has 130 valence electrons. The molecule has 1 aliphatic rings. The van der Waals surface area contributed by atoms with E-state index in [1.54, 1.807) is 6.92 Å². The van der Waals surface area contributed by atoms with Crippen LogP contribution < -0.4 is 10.4 Å². The molecule has 7 heteroatoms. The highest BCUT2D eigenvalue weighted by molar-refractivity contribution is 7.17. The smallest absolute Gasteiger partial charge is 0.341 e. The van der Waals surface area contributed by atoms with Crippen LogP contribution in [0.5, 0.6) is 0 Å². The van der Waals surface area contributed by atoms with Gasteiger partial charge in [0.15, 0.2) is 0 Å². The summed E-state index contributed by atoms with van der Waals surface area (Å²) in [5.74, 6) is -1.95. The summed E-state index contributed by atoms with van der Waals surface area (Å²) in [7, 11) is 0. The molecule has 1 N–H and O–H groups in total. The topological polar surface area (TPSA) is 95.5 Å². The highest BCUT2D eigenvalue weighted by Crippen LogP contribution is 2.40. The number of carbonyl (C=O) groups is 3. The molecule has 0 bridgehead atoms. The van der Waals surface area contributed by atoms with Crippen LogP contribution in [0.1, 0.15) is 47.5 Å². The van der Waals surface area contributed by atoms with E-state index in [0.29, 0.717) is 22.6 Å². The van der Waals surface area contributed by atoms with Crippen molar-refractivity contribution in [2.45, 2.75) is 39.5 Å². The highest BCUT2D eigenvalue weighted by atomic mass is 32.1. The van der Waals surface area contributed by atoms with Crippen LogP contribution in [0.4, 0.5) is 5.00 Å². The number of rotatable bonds is 6. The Morgan fingerprint density at radius 3 is 2.71 bits per heavy atom. The lowest BCUT2D eigenvalue weighted by atomic mass is 9.85. The minimum atomic E-state index is -1.45. The van der Waals surface area contributed by atoms with Crippen molar-refractivity contribution in [1.29, 1.82) is 0 Å². The van der Waals surface area contributed by atoms with Gasteiger partial charge in [-0.1, -0.05) is 13.3 Å². The lowest BCUT2D eigenvalue weighted by Crippen LogP contribution is -2.20. The van der Waals surface area contributed by atoms with E-state index >= 15 is 0 Å². The molecule has 1 heterocycles. The molecule has 1 amide bonds. The van der Waals surface area contributed by atoms with Gasteiger partial charge in [0.1, 0.15) is 5.00 Å². The first-order valence-electron chi connectivity index (χ1n) is 7.97. The van der Waals surface area contributed by atoms with E-state index in [0.717, 1.165) is 42.2 Å². The van der Waals surface area contributed by atoms with Gasteiger partial charge in [-0.25, -0.2) is 4.79 Å². The molecule has 0 aromatic carbocycles. The summed E-state index contributed by atoms with van der Waals surface area (Å²) in [4.78, 5) is 35.6. The van der Waals surface area contributed by atoms with Crippen LogP contribution in [0.15, 0.2) is 12.2 Å². The number of ether oxygens (including phenoxy) is 1. The Kier molecular flexibility index (Phi) is 6.14. The number of hydrogen-bond acceptors (Lipinski definition) is 6. The zero-order valence-corrected chi connectivity index (χ0v) is 14.5. The average molecular weight is 350 g/mol. The molecular weight excluding hydrogens is 330 g/mol. The van der Waals surface area contributed by atoms with Crippen LogP contribution >= 0.6 is 11.3 Å². The van der Waals surface area contributed by atoms with E-state index in [1.165, 1.54) is 11.3 Å². The fraction of sp³-hybridized carbons (Fsp3) is 0.471. The SMILES string of the molecule is CCOC(=O)c1c(NC(=O)C=CC(=O)[O-])sc2c1CC[C@H](CC)C2. The van der Waals surface area contributed by atoms with Gasteiger partial charge < -0.3 is 20.0 Å². The van der Waals surface area contributed by atoms with E-state index in [4.69, 9.17) is 4.74 Å². The van der Waals surface area contributed by atoms with Crippen molar-refractivity contribution >= 4 is 34.2 Å². The van der Waals surface area contributed by atoms with Gasteiger partial charge in [0.25, 0.3) is 0 Å². The van der Waals surface area contributed by atoms with Gasteiger partial charge in [-0.15, -0.1) is 11.3 Å². The highest BCUT2D eigenvalue weighted by Gasteiger charge is 2.29. The maximum absolute atomic E-state index is 12.3. The number of esters is 1. The van der Waals surface area contributed by atoms with Crippen LogP contribution in [0.3, 0.4) is 0 Å². The van der Waals surface area contributed by atoms with Crippen molar-refractivity contribution in [3.8, 4) is 0 Å². The normalized spacial score (nSPS) is 16.7. The third kappa shape index (κ3) is 4.23. The van der Waals surface area contributed by atoms with Gasteiger partial charge in [-0.05, 0) is 43.7 Å². The molecule has 6 nitrogen and oxygen atoms in total. The number of hydrogen-bond donors (Lipinski definition) is 1. The van der Waals surface area contributed by atoms with Gasteiger partial charge in [0.05, 0.1) is 18.1 Å². The van der Waals surface area contributed by atoms with E-state index in [-0.39, 0.29) is 6.61 Å². The van der Waals surface area contributed by atoms with E-state index in [9.17, 15) is 19.5 Å². The summed E-state index contributed by atoms with van der Waals surface area (Å²) >= 11 is 1.37. The van der Waals surface area contributed by atoms with Crippen molar-refractivity contribution in [2.24, 2.45) is 5.92 Å². The largest absolute Gasteiger partial charge is 0.545 e. The minimum absolute atomic E-state index is 0.249. The lowest BCUT2D eigenvalue weighted by molar-refractivity contribution is -0.297. The third-order valence-corrected chi connectivity index (χ3v) is 5.20. The predicted molar refractivity (Wildman–Crippen MR) is 88.9 cm³/mol. The predicted octanol–water partition coefficient (Wildman–Crippen LogP) is 1.68. The second-order valence-electron chi connectivity index (χ2n) is 5.59. The molecule has 24 heavy (non-hydrogen) atoms. The second kappa shape index (κ2) is 8.10. The van der Waals surface area contributed by atoms with Crippen molar-refractivity contribution in [3.05, 3.63) is 28.2 Å². The van der Waals surface area contributed by atoms with Crippen molar-refractivity contribution in [1.82, 2.24) is 0 Å². The zero-order valence-electron chi connectivity index (χ0n) is 13.7. The molecule has 0 radical (unpaired) electrons. The summed E-state index contributed by atoms with van der Waals surface area (Å²) in [6, 6.07) is 0. The van der Waals surface area contributed by atoms with Crippen LogP contribution in [-0.2, 0) is 27.2 Å². The summed E-state index contributed by atoms with van der Waals surface area (Å²) in [5.41, 5.74) is 1.35. The van der Waals surface area contributed by atoms with Gasteiger partial charge >= 0.3 is 5.97 Å². The van der Waals surface area contributed by atoms with Crippen LogP contribution in [0.2, 0.25) is 0 Å². The quantitative estimate of drug-likeness (QED) is 0.622. The molecular formula is C17H20NO5S-. The lowest BCUT2D eigenvalue weighted by Gasteiger charge is -2.20. The summed E-state index contributed by atoms with van der Waals surface area (Å²) in [6.07, 6.45) is 5.27. The minimum Gasteiger partial charge on any atom is -0.545 e. The van der Waals surface area contributed by atoms with E-state index in [2.05, 4.69) is 12.2 Å². The number of carboxylic acid groups (broad SMARTS) is 1. The number of aliphatic carboxylic acids is 1. The molecule has 1 aliphatic carbocycles. The molecule has 0 saturated carbocycles. The number of carbonyl (C=O) groups excluding carboxylic acids is 3. The van der Waals surface area contributed by atoms with Crippen molar-refractivity contribution in [2.75, 3.05) is 11.9 Å². The maximum atomic E-state index is 12.3. The van der Waals surface area contributed by atoms with Gasteiger partial charge in [0, 0.05) is 11.0 Å². The molecule has 1 atom stereocenters. The summed E-state index contributed by atoms with van der Waals surface area (Å²) in [5, 5.41) is 13.4.